The Morgan fingerprint density at radius 3 is 2.80 bits per heavy atom. The molecule has 5 nitrogen and oxygen atoms in total. The van der Waals surface area contributed by atoms with Gasteiger partial charge in [0.05, 0.1) is 6.04 Å². The van der Waals surface area contributed by atoms with Crippen molar-refractivity contribution in [2.45, 2.75) is 19.9 Å². The number of nitrogens with two attached hydrogens (primary N) is 1. The summed E-state index contributed by atoms with van der Waals surface area (Å²) in [6, 6.07) is 0.996. The third kappa shape index (κ3) is 3.45. The van der Waals surface area contributed by atoms with Crippen molar-refractivity contribution >= 4 is 23.3 Å². The minimum absolute atomic E-state index is 0.0716. The summed E-state index contributed by atoms with van der Waals surface area (Å²) in [5.41, 5.74) is 5.66. The number of hydrogen-bond acceptors (Lipinski definition) is 4. The first kappa shape index (κ1) is 11.9. The largest absolute Gasteiger partial charge is 0.320 e. The van der Waals surface area contributed by atoms with E-state index in [9.17, 15) is 4.79 Å². The molecule has 0 aliphatic rings. The number of carbonyl (C=O) groups is 1. The highest BCUT2D eigenvalue weighted by Crippen LogP contribution is 2.07. The summed E-state index contributed by atoms with van der Waals surface area (Å²) in [5, 5.41) is 2.65. The lowest BCUT2D eigenvalue weighted by Crippen LogP contribution is -2.39. The molecule has 1 amide bonds. The van der Waals surface area contributed by atoms with Gasteiger partial charge in [-0.2, -0.15) is 0 Å². The summed E-state index contributed by atoms with van der Waals surface area (Å²) in [6.07, 6.45) is 1.46. The van der Waals surface area contributed by atoms with Crippen LogP contribution in [0, 0.1) is 5.92 Å². The van der Waals surface area contributed by atoms with Crippen molar-refractivity contribution in [2.75, 3.05) is 5.32 Å². The lowest BCUT2D eigenvalue weighted by atomic mass is 10.1. The molecule has 1 heterocycles. The highest BCUT2D eigenvalue weighted by atomic mass is 35.5. The summed E-state index contributed by atoms with van der Waals surface area (Å²) >= 11 is 5.57. The van der Waals surface area contributed by atoms with Crippen LogP contribution in [0.25, 0.3) is 0 Å². The van der Waals surface area contributed by atoms with Crippen LogP contribution in [-0.4, -0.2) is 21.9 Å². The average molecular weight is 229 g/mol. The Kier molecular flexibility index (Phi) is 3.99. The Bertz CT molecular complexity index is 356. The second-order valence-corrected chi connectivity index (χ2v) is 3.81. The number of aromatic nitrogens is 2. The van der Waals surface area contributed by atoms with Crippen molar-refractivity contribution in [1.82, 2.24) is 9.97 Å². The minimum atomic E-state index is -0.557. The zero-order chi connectivity index (χ0) is 11.4. The summed E-state index contributed by atoms with van der Waals surface area (Å²) in [6.45, 7) is 3.74. The van der Waals surface area contributed by atoms with Crippen LogP contribution in [0.3, 0.4) is 0 Å². The second kappa shape index (κ2) is 5.04. The molecule has 0 bridgehead atoms. The monoisotopic (exact) mass is 228 g/mol. The van der Waals surface area contributed by atoms with E-state index < -0.39 is 6.04 Å². The average Bonchev–Trinajstić information content (AvgIpc) is 2.16. The molecule has 3 N–H and O–H groups in total. The van der Waals surface area contributed by atoms with Gasteiger partial charge in [0.1, 0.15) is 5.82 Å². The molecule has 0 spiro atoms. The normalized spacial score (nSPS) is 12.6. The Balaban J connectivity index is 2.66. The Morgan fingerprint density at radius 1 is 1.60 bits per heavy atom. The van der Waals surface area contributed by atoms with E-state index in [0.29, 0.717) is 5.82 Å². The fourth-order valence-corrected chi connectivity index (χ4v) is 1.06. The van der Waals surface area contributed by atoms with Gasteiger partial charge in [-0.15, -0.1) is 0 Å². The number of carbonyl (C=O) groups excluding carboxylic acids is 1. The molecule has 0 unspecified atom stereocenters. The zero-order valence-electron chi connectivity index (χ0n) is 8.57. The molecule has 0 saturated carbocycles. The first-order valence-electron chi connectivity index (χ1n) is 4.55. The first-order valence-corrected chi connectivity index (χ1v) is 4.93. The fraction of sp³-hybridized carbons (Fsp3) is 0.444. The molecule has 0 saturated heterocycles. The summed E-state index contributed by atoms with van der Waals surface area (Å²) in [4.78, 5) is 19.0. The smallest absolute Gasteiger partial charge is 0.242 e. The topological polar surface area (TPSA) is 80.9 Å². The molecule has 6 heteroatoms. The lowest BCUT2D eigenvalue weighted by Gasteiger charge is -2.14. The molecule has 0 aromatic carbocycles. The maximum absolute atomic E-state index is 11.5. The van der Waals surface area contributed by atoms with E-state index in [1.807, 2.05) is 13.8 Å². The Morgan fingerprint density at radius 2 is 2.27 bits per heavy atom. The van der Waals surface area contributed by atoms with Crippen molar-refractivity contribution in [3.05, 3.63) is 17.5 Å². The van der Waals surface area contributed by atoms with Crippen molar-refractivity contribution < 1.29 is 4.79 Å². The molecule has 0 fully saturated rings. The van der Waals surface area contributed by atoms with Crippen molar-refractivity contribution in [1.29, 1.82) is 0 Å². The number of nitrogens with zero attached hydrogens (tertiary/aromatic N) is 2. The molecular weight excluding hydrogens is 216 g/mol. The van der Waals surface area contributed by atoms with Crippen molar-refractivity contribution in [3.63, 3.8) is 0 Å². The van der Waals surface area contributed by atoms with Crippen LogP contribution in [-0.2, 0) is 4.79 Å². The number of halogens is 1. The predicted molar refractivity (Wildman–Crippen MR) is 58.5 cm³/mol. The lowest BCUT2D eigenvalue weighted by molar-refractivity contribution is -0.118. The van der Waals surface area contributed by atoms with E-state index in [1.165, 1.54) is 6.20 Å². The Hall–Kier alpha value is -1.20. The maximum atomic E-state index is 11.5. The Labute approximate surface area is 93.0 Å². The molecule has 1 atom stereocenters. The number of amides is 1. The van der Waals surface area contributed by atoms with Crippen LogP contribution >= 0.6 is 11.6 Å². The zero-order valence-corrected chi connectivity index (χ0v) is 9.32. The van der Waals surface area contributed by atoms with Crippen LogP contribution in [0.4, 0.5) is 5.82 Å². The molecule has 0 radical (unpaired) electrons. The van der Waals surface area contributed by atoms with Crippen LogP contribution in [0.1, 0.15) is 13.8 Å². The molecule has 1 aromatic heterocycles. The minimum Gasteiger partial charge on any atom is -0.320 e. The van der Waals surface area contributed by atoms with Crippen molar-refractivity contribution in [2.24, 2.45) is 11.7 Å². The van der Waals surface area contributed by atoms with Gasteiger partial charge in [0.25, 0.3) is 0 Å². The molecule has 1 aromatic rings. The van der Waals surface area contributed by atoms with Gasteiger partial charge >= 0.3 is 0 Å². The van der Waals surface area contributed by atoms with Gasteiger partial charge in [-0.3, -0.25) is 4.79 Å². The third-order valence-electron chi connectivity index (χ3n) is 1.90. The number of hydrogen-bond donors (Lipinski definition) is 2. The van der Waals surface area contributed by atoms with Crippen LogP contribution in [0.5, 0.6) is 0 Å². The van der Waals surface area contributed by atoms with Crippen LogP contribution in [0.15, 0.2) is 12.3 Å². The van der Waals surface area contributed by atoms with Gasteiger partial charge < -0.3 is 11.1 Å². The fourth-order valence-electron chi connectivity index (χ4n) is 0.917. The van der Waals surface area contributed by atoms with Gasteiger partial charge in [0, 0.05) is 6.20 Å². The summed E-state index contributed by atoms with van der Waals surface area (Å²) in [5.74, 6) is 0.151. The van der Waals surface area contributed by atoms with E-state index in [1.54, 1.807) is 6.07 Å². The highest BCUT2D eigenvalue weighted by Gasteiger charge is 2.17. The first-order chi connectivity index (χ1) is 7.00. The van der Waals surface area contributed by atoms with Gasteiger partial charge in [0.15, 0.2) is 0 Å². The molecule has 0 aliphatic heterocycles. The standard InChI is InChI=1S/C9H13ClN4O/c1-5(2)7(11)8(15)13-6-3-4-12-9(10)14-6/h3-5,7H,11H2,1-2H3,(H,12,13,14,15)/t7-/m1/s1. The second-order valence-electron chi connectivity index (χ2n) is 3.47. The summed E-state index contributed by atoms with van der Waals surface area (Å²) in [7, 11) is 0. The third-order valence-corrected chi connectivity index (χ3v) is 2.08. The molecule has 82 valence electrons. The van der Waals surface area contributed by atoms with E-state index in [0.717, 1.165) is 0 Å². The number of nitrogens with one attached hydrogen (secondary N) is 1. The summed E-state index contributed by atoms with van der Waals surface area (Å²) < 4.78 is 0. The van der Waals surface area contributed by atoms with E-state index >= 15 is 0 Å². The molecule has 15 heavy (non-hydrogen) atoms. The van der Waals surface area contributed by atoms with Gasteiger partial charge in [-0.1, -0.05) is 13.8 Å². The van der Waals surface area contributed by atoms with Gasteiger partial charge in [-0.05, 0) is 23.6 Å². The SMILES string of the molecule is CC(C)[C@@H](N)C(=O)Nc1ccnc(Cl)n1. The molecule has 1 rings (SSSR count). The number of rotatable bonds is 3. The van der Waals surface area contributed by atoms with E-state index in [2.05, 4.69) is 15.3 Å². The molecular formula is C9H13ClN4O. The number of anilines is 1. The van der Waals surface area contributed by atoms with Crippen LogP contribution < -0.4 is 11.1 Å². The molecule has 0 aliphatic carbocycles. The maximum Gasteiger partial charge on any atom is 0.242 e. The van der Waals surface area contributed by atoms with E-state index in [-0.39, 0.29) is 17.1 Å². The van der Waals surface area contributed by atoms with Gasteiger partial charge in [-0.25, -0.2) is 9.97 Å². The van der Waals surface area contributed by atoms with E-state index in [4.69, 9.17) is 17.3 Å². The van der Waals surface area contributed by atoms with Gasteiger partial charge in [0.2, 0.25) is 11.2 Å². The highest BCUT2D eigenvalue weighted by molar-refractivity contribution is 6.28. The predicted octanol–water partition coefficient (Wildman–Crippen LogP) is 1.05. The van der Waals surface area contributed by atoms with Crippen LogP contribution in [0.2, 0.25) is 5.28 Å². The quantitative estimate of drug-likeness (QED) is 0.758. The van der Waals surface area contributed by atoms with Crippen molar-refractivity contribution in [3.8, 4) is 0 Å².